The highest BCUT2D eigenvalue weighted by Gasteiger charge is 2.51. The first kappa shape index (κ1) is 25.7. The molecule has 2 aliphatic rings. The van der Waals surface area contributed by atoms with Gasteiger partial charge in [-0.3, -0.25) is 4.79 Å². The summed E-state index contributed by atoms with van der Waals surface area (Å²) in [6, 6.07) is -0.347. The number of nitrogens with zero attached hydrogens (tertiary/aromatic N) is 1. The molecule has 5 atom stereocenters. The fraction of sp³-hybridized carbons (Fsp3) is 0.750. The van der Waals surface area contributed by atoms with Gasteiger partial charge >= 0.3 is 0 Å². The number of likely N-dealkylation sites (tertiary alicyclic amines) is 1. The van der Waals surface area contributed by atoms with E-state index >= 15 is 0 Å². The second-order valence-electron chi connectivity index (χ2n) is 9.15. The lowest BCUT2D eigenvalue weighted by molar-refractivity contribution is -0.185. The zero-order chi connectivity index (χ0) is 23.0. The fourth-order valence-corrected chi connectivity index (χ4v) is 5.27. The SMILES string of the molecule is C/C=C(\CCCN)C(C/C=C(\C)CCNC(=O)[C@@H]1[C@H]2CC[C@H](C2)N1C(O)O)[C@H](C)C=O. The first-order valence-corrected chi connectivity index (χ1v) is 11.7. The van der Waals surface area contributed by atoms with E-state index in [9.17, 15) is 19.8 Å². The van der Waals surface area contributed by atoms with Gasteiger partial charge in [-0.05, 0) is 77.2 Å². The third-order valence-electron chi connectivity index (χ3n) is 7.07. The number of aldehydes is 1. The van der Waals surface area contributed by atoms with Crippen LogP contribution in [0.2, 0.25) is 0 Å². The van der Waals surface area contributed by atoms with Gasteiger partial charge in [-0.2, -0.15) is 0 Å². The lowest BCUT2D eigenvalue weighted by Crippen LogP contribution is -2.54. The Bertz CT molecular complexity index is 661. The van der Waals surface area contributed by atoms with Crippen LogP contribution in [0, 0.1) is 17.8 Å². The maximum atomic E-state index is 12.7. The maximum Gasteiger partial charge on any atom is 0.237 e. The summed E-state index contributed by atoms with van der Waals surface area (Å²) in [4.78, 5) is 25.7. The molecule has 1 saturated heterocycles. The topological polar surface area (TPSA) is 116 Å². The van der Waals surface area contributed by atoms with Crippen molar-refractivity contribution in [2.45, 2.75) is 84.2 Å². The van der Waals surface area contributed by atoms with Gasteiger partial charge in [-0.25, -0.2) is 4.90 Å². The van der Waals surface area contributed by atoms with Gasteiger partial charge in [0.15, 0.2) is 0 Å². The van der Waals surface area contributed by atoms with Crippen LogP contribution in [0.15, 0.2) is 23.3 Å². The van der Waals surface area contributed by atoms with Crippen molar-refractivity contribution in [1.82, 2.24) is 10.2 Å². The summed E-state index contributed by atoms with van der Waals surface area (Å²) in [7, 11) is 0. The lowest BCUT2D eigenvalue weighted by atomic mass is 9.82. The van der Waals surface area contributed by atoms with E-state index in [1.165, 1.54) is 11.1 Å². The van der Waals surface area contributed by atoms with E-state index in [2.05, 4.69) is 17.5 Å². The van der Waals surface area contributed by atoms with E-state index < -0.39 is 12.5 Å². The van der Waals surface area contributed by atoms with Crippen LogP contribution < -0.4 is 11.1 Å². The number of aliphatic hydroxyl groups is 2. The number of nitrogens with one attached hydrogen (secondary N) is 1. The number of allylic oxidation sites excluding steroid dienone is 3. The third kappa shape index (κ3) is 6.72. The molecule has 1 heterocycles. The molecule has 0 aromatic carbocycles. The zero-order valence-corrected chi connectivity index (χ0v) is 19.3. The fourth-order valence-electron chi connectivity index (χ4n) is 5.27. The molecule has 5 N–H and O–H groups in total. The molecule has 7 nitrogen and oxygen atoms in total. The molecule has 1 saturated carbocycles. The van der Waals surface area contributed by atoms with Crippen LogP contribution in [0.25, 0.3) is 0 Å². The van der Waals surface area contributed by atoms with Gasteiger partial charge < -0.3 is 26.1 Å². The summed E-state index contributed by atoms with van der Waals surface area (Å²) in [5.74, 6) is 0.217. The standard InChI is InChI=1S/C24H41N3O4/c1-4-18(6-5-12-25)21(17(3)15-28)10-7-16(2)11-13-26-23(29)22-19-8-9-20(14-19)27(22)24(30)31/h4,7,15,17,19-22,24,30-31H,5-6,8-14,25H2,1-3H3,(H,26,29)/b16-7+,18-4+/t17-,19+,20-,21?,22+/m1/s1. The number of hydrogen-bond acceptors (Lipinski definition) is 6. The minimum absolute atomic E-state index is 0.0543. The summed E-state index contributed by atoms with van der Waals surface area (Å²) < 4.78 is 0. The summed E-state index contributed by atoms with van der Waals surface area (Å²) in [5.41, 5.74) is 8.11. The zero-order valence-electron chi connectivity index (χ0n) is 19.3. The Hall–Kier alpha value is -1.54. The number of amides is 1. The van der Waals surface area contributed by atoms with E-state index in [4.69, 9.17) is 5.73 Å². The van der Waals surface area contributed by atoms with Crippen LogP contribution in [-0.4, -0.2) is 58.9 Å². The average molecular weight is 436 g/mol. The molecule has 0 aromatic rings. The Morgan fingerprint density at radius 3 is 2.65 bits per heavy atom. The van der Waals surface area contributed by atoms with Crippen LogP contribution in [0.1, 0.15) is 65.7 Å². The maximum absolute atomic E-state index is 12.7. The van der Waals surface area contributed by atoms with Crippen LogP contribution in [0.3, 0.4) is 0 Å². The smallest absolute Gasteiger partial charge is 0.237 e. The molecule has 1 aliphatic carbocycles. The molecule has 2 bridgehead atoms. The van der Waals surface area contributed by atoms with Crippen LogP contribution in [0.4, 0.5) is 0 Å². The van der Waals surface area contributed by atoms with Gasteiger partial charge in [-0.1, -0.05) is 30.2 Å². The number of carbonyl (C=O) groups is 2. The average Bonchev–Trinajstić information content (AvgIpc) is 3.37. The summed E-state index contributed by atoms with van der Waals surface area (Å²) in [5, 5.41) is 22.3. The number of piperidine rings is 1. The first-order valence-electron chi connectivity index (χ1n) is 11.7. The predicted octanol–water partition coefficient (Wildman–Crippen LogP) is 2.09. The Morgan fingerprint density at radius 1 is 1.29 bits per heavy atom. The quantitative estimate of drug-likeness (QED) is 0.200. The monoisotopic (exact) mass is 435 g/mol. The van der Waals surface area contributed by atoms with Crippen LogP contribution in [0.5, 0.6) is 0 Å². The van der Waals surface area contributed by atoms with Gasteiger partial charge in [0.05, 0.1) is 6.04 Å². The molecule has 0 aromatic heterocycles. The van der Waals surface area contributed by atoms with Gasteiger partial charge in [0.25, 0.3) is 0 Å². The molecule has 176 valence electrons. The first-order chi connectivity index (χ1) is 14.8. The second-order valence-corrected chi connectivity index (χ2v) is 9.15. The summed E-state index contributed by atoms with van der Waals surface area (Å²) in [6.07, 6.45) is 9.83. The summed E-state index contributed by atoms with van der Waals surface area (Å²) in [6.45, 7) is 7.18. The molecular weight excluding hydrogens is 394 g/mol. The van der Waals surface area contributed by atoms with E-state index in [0.717, 1.165) is 51.2 Å². The molecule has 2 fully saturated rings. The normalized spacial score (nSPS) is 26.4. The number of carbonyl (C=O) groups excluding carboxylic acids is 2. The van der Waals surface area contributed by atoms with Crippen molar-refractivity contribution in [3.63, 3.8) is 0 Å². The van der Waals surface area contributed by atoms with Gasteiger partial charge in [-0.15, -0.1) is 0 Å². The molecule has 0 spiro atoms. The molecule has 1 aliphatic heterocycles. The summed E-state index contributed by atoms with van der Waals surface area (Å²) >= 11 is 0. The van der Waals surface area contributed by atoms with Crippen molar-refractivity contribution in [2.24, 2.45) is 23.5 Å². The minimum atomic E-state index is -1.58. The van der Waals surface area contributed by atoms with Gasteiger partial charge in [0.2, 0.25) is 12.3 Å². The van der Waals surface area contributed by atoms with Crippen LogP contribution in [-0.2, 0) is 9.59 Å². The van der Waals surface area contributed by atoms with Gasteiger partial charge in [0.1, 0.15) is 6.29 Å². The number of rotatable bonds is 13. The largest absolute Gasteiger partial charge is 0.356 e. The Labute approximate surface area is 186 Å². The number of nitrogens with two attached hydrogens (primary N) is 1. The Morgan fingerprint density at radius 2 is 2.03 bits per heavy atom. The molecule has 2 rings (SSSR count). The van der Waals surface area contributed by atoms with Crippen molar-refractivity contribution in [1.29, 1.82) is 0 Å². The van der Waals surface area contributed by atoms with Crippen molar-refractivity contribution in [3.05, 3.63) is 23.3 Å². The minimum Gasteiger partial charge on any atom is -0.356 e. The van der Waals surface area contributed by atoms with E-state index in [1.54, 1.807) is 4.90 Å². The van der Waals surface area contributed by atoms with E-state index in [-0.39, 0.29) is 29.7 Å². The van der Waals surface area contributed by atoms with E-state index in [0.29, 0.717) is 13.1 Å². The molecule has 31 heavy (non-hydrogen) atoms. The number of hydrogen-bond donors (Lipinski definition) is 4. The van der Waals surface area contributed by atoms with E-state index in [1.807, 2.05) is 20.8 Å². The number of fused-ring (bicyclic) bond motifs is 2. The van der Waals surface area contributed by atoms with Crippen LogP contribution >= 0.6 is 0 Å². The highest BCUT2D eigenvalue weighted by atomic mass is 16.5. The molecule has 1 amide bonds. The van der Waals surface area contributed by atoms with Crippen molar-refractivity contribution in [3.8, 4) is 0 Å². The van der Waals surface area contributed by atoms with Crippen molar-refractivity contribution in [2.75, 3.05) is 13.1 Å². The molecule has 0 radical (unpaired) electrons. The highest BCUT2D eigenvalue weighted by Crippen LogP contribution is 2.43. The van der Waals surface area contributed by atoms with Crippen molar-refractivity contribution < 1.29 is 19.8 Å². The molecule has 7 heteroatoms. The molecule has 1 unspecified atom stereocenters. The van der Waals surface area contributed by atoms with Gasteiger partial charge in [0, 0.05) is 18.5 Å². The predicted molar refractivity (Wildman–Crippen MR) is 122 cm³/mol. The second kappa shape index (κ2) is 12.5. The Kier molecular flexibility index (Phi) is 10.4. The third-order valence-corrected chi connectivity index (χ3v) is 7.07. The lowest BCUT2D eigenvalue weighted by Gasteiger charge is -2.35. The van der Waals surface area contributed by atoms with Crippen molar-refractivity contribution >= 4 is 12.2 Å². The number of aliphatic hydroxyl groups excluding tert-OH is 1. The highest BCUT2D eigenvalue weighted by molar-refractivity contribution is 5.82. The molecular formula is C24H41N3O4. The Balaban J connectivity index is 1.87.